The minimum absolute atomic E-state index is 0.0429. The minimum atomic E-state index is -0.257. The summed E-state index contributed by atoms with van der Waals surface area (Å²) in [6, 6.07) is 20.3. The number of methoxy groups -OCH3 is 2. The fourth-order valence-electron chi connectivity index (χ4n) is 5.06. The maximum Gasteiger partial charge on any atom is 0.273 e. The predicted octanol–water partition coefficient (Wildman–Crippen LogP) is 6.16. The summed E-state index contributed by atoms with van der Waals surface area (Å²) >= 11 is 7.65. The molecule has 1 amide bonds. The number of carbonyl (C=O) groups excluding carboxylic acids is 1. The van der Waals surface area contributed by atoms with Crippen molar-refractivity contribution < 1.29 is 18.7 Å². The summed E-state index contributed by atoms with van der Waals surface area (Å²) in [5.74, 6) is 1.08. The lowest BCUT2D eigenvalue weighted by molar-refractivity contribution is 0.0741. The molecule has 0 N–H and O–H groups in total. The topological polar surface area (TPSA) is 58.1 Å². The van der Waals surface area contributed by atoms with Crippen LogP contribution >= 0.6 is 22.9 Å². The Balaban J connectivity index is 1.23. The lowest BCUT2D eigenvalue weighted by Crippen LogP contribution is -2.48. The van der Waals surface area contributed by atoms with Gasteiger partial charge in [0, 0.05) is 55.4 Å². The van der Waals surface area contributed by atoms with E-state index in [9.17, 15) is 9.18 Å². The van der Waals surface area contributed by atoms with Gasteiger partial charge in [-0.05, 0) is 60.0 Å². The maximum atomic E-state index is 13.5. The molecule has 0 radical (unpaired) electrons. The van der Waals surface area contributed by atoms with Crippen molar-refractivity contribution in [3.05, 3.63) is 105 Å². The molecule has 7 nitrogen and oxygen atoms in total. The van der Waals surface area contributed by atoms with Crippen LogP contribution in [0.3, 0.4) is 0 Å². The van der Waals surface area contributed by atoms with Crippen LogP contribution in [-0.2, 0) is 19.5 Å². The Hall–Kier alpha value is -3.66. The Bertz CT molecular complexity index is 1490. The molecule has 0 saturated carbocycles. The van der Waals surface area contributed by atoms with Gasteiger partial charge < -0.3 is 19.3 Å². The number of amides is 1. The van der Waals surface area contributed by atoms with Crippen LogP contribution in [0.1, 0.15) is 26.6 Å². The summed E-state index contributed by atoms with van der Waals surface area (Å²) in [5.41, 5.74) is 3.67. The molecule has 4 aromatic rings. The van der Waals surface area contributed by atoms with Crippen LogP contribution in [0.5, 0.6) is 11.5 Å². The van der Waals surface area contributed by atoms with Crippen molar-refractivity contribution in [1.29, 1.82) is 0 Å². The van der Waals surface area contributed by atoms with Crippen molar-refractivity contribution in [1.82, 2.24) is 14.8 Å². The first-order chi connectivity index (χ1) is 20.4. The van der Waals surface area contributed by atoms with Gasteiger partial charge in [0.2, 0.25) is 0 Å². The fourth-order valence-corrected chi connectivity index (χ4v) is 6.05. The number of carbonyl (C=O) groups is 1. The normalized spacial score (nSPS) is 13.5. The average molecular weight is 609 g/mol. The fraction of sp³-hybridized carbons (Fsp3) is 0.312. The highest BCUT2D eigenvalue weighted by Crippen LogP contribution is 2.28. The number of benzene rings is 3. The second kappa shape index (κ2) is 14.0. The zero-order valence-electron chi connectivity index (χ0n) is 23.8. The van der Waals surface area contributed by atoms with E-state index in [0.29, 0.717) is 48.4 Å². The molecule has 42 heavy (non-hydrogen) atoms. The Morgan fingerprint density at radius 3 is 2.40 bits per heavy atom. The molecule has 0 atom stereocenters. The van der Waals surface area contributed by atoms with Crippen molar-refractivity contribution >= 4 is 34.5 Å². The second-order valence-electron chi connectivity index (χ2n) is 10.2. The molecule has 0 unspecified atom stereocenters. The molecule has 10 heteroatoms. The number of thiazole rings is 1. The van der Waals surface area contributed by atoms with Crippen molar-refractivity contribution in [2.75, 3.05) is 51.8 Å². The number of nitrogens with zero attached hydrogens (tertiary/aromatic N) is 4. The SMILES string of the molecule is COc1ccc(CCN(Cc2ccc(F)cc2)Cc2nc(C(=O)N3CCN(c4cccc(Cl)c4)CC3)cs2)cc1OC. The lowest BCUT2D eigenvalue weighted by atomic mass is 10.1. The molecule has 0 bridgehead atoms. The van der Waals surface area contributed by atoms with E-state index in [1.54, 1.807) is 26.4 Å². The Kier molecular flexibility index (Phi) is 9.94. The van der Waals surface area contributed by atoms with Crippen LogP contribution in [0.15, 0.2) is 72.1 Å². The smallest absolute Gasteiger partial charge is 0.273 e. The molecule has 2 heterocycles. The highest BCUT2D eigenvalue weighted by atomic mass is 35.5. The molecule has 1 aliphatic rings. The lowest BCUT2D eigenvalue weighted by Gasteiger charge is -2.35. The summed E-state index contributed by atoms with van der Waals surface area (Å²) in [7, 11) is 3.25. The third-order valence-corrected chi connectivity index (χ3v) is 8.42. The maximum absolute atomic E-state index is 13.5. The highest BCUT2D eigenvalue weighted by molar-refractivity contribution is 7.09. The molecule has 5 rings (SSSR count). The van der Waals surface area contributed by atoms with E-state index in [0.717, 1.165) is 47.9 Å². The molecule has 1 aromatic heterocycles. The third kappa shape index (κ3) is 7.59. The molecule has 1 saturated heterocycles. The summed E-state index contributed by atoms with van der Waals surface area (Å²) in [4.78, 5) is 24.4. The van der Waals surface area contributed by atoms with Crippen LogP contribution in [0.2, 0.25) is 5.02 Å². The van der Waals surface area contributed by atoms with Crippen LogP contribution in [-0.4, -0.2) is 67.6 Å². The Morgan fingerprint density at radius 2 is 1.69 bits per heavy atom. The number of hydrogen-bond donors (Lipinski definition) is 0. The van der Waals surface area contributed by atoms with Crippen molar-refractivity contribution in [3.63, 3.8) is 0 Å². The molecule has 1 aliphatic heterocycles. The minimum Gasteiger partial charge on any atom is -0.493 e. The van der Waals surface area contributed by atoms with Gasteiger partial charge in [0.1, 0.15) is 16.5 Å². The van der Waals surface area contributed by atoms with Crippen molar-refractivity contribution in [2.24, 2.45) is 0 Å². The Morgan fingerprint density at radius 1 is 0.952 bits per heavy atom. The van der Waals surface area contributed by atoms with E-state index in [1.165, 1.54) is 23.5 Å². The number of piperazine rings is 1. The number of anilines is 1. The summed E-state index contributed by atoms with van der Waals surface area (Å²) in [6.07, 6.45) is 0.773. The van der Waals surface area contributed by atoms with Gasteiger partial charge in [0.15, 0.2) is 11.5 Å². The summed E-state index contributed by atoms with van der Waals surface area (Å²) in [6.45, 7) is 4.67. The number of halogens is 2. The zero-order valence-corrected chi connectivity index (χ0v) is 25.3. The van der Waals surface area contributed by atoms with E-state index in [4.69, 9.17) is 26.1 Å². The predicted molar refractivity (Wildman–Crippen MR) is 165 cm³/mol. The first-order valence-electron chi connectivity index (χ1n) is 13.8. The van der Waals surface area contributed by atoms with Gasteiger partial charge >= 0.3 is 0 Å². The van der Waals surface area contributed by atoms with Crippen molar-refractivity contribution in [3.8, 4) is 11.5 Å². The van der Waals surface area contributed by atoms with E-state index in [-0.39, 0.29) is 11.7 Å². The first kappa shape index (κ1) is 29.8. The molecule has 1 fully saturated rings. The van der Waals surface area contributed by atoms with Crippen LogP contribution in [0.4, 0.5) is 10.1 Å². The molecule has 0 aliphatic carbocycles. The standard InChI is InChI=1S/C32H34ClFN4O3S/c1-40-29-11-8-23(18-30(29)41-2)12-13-36(20-24-6-9-26(34)10-7-24)21-31-35-28(22-42-31)32(39)38-16-14-37(15-17-38)27-5-3-4-25(33)19-27/h3-11,18-19,22H,12-17,20-21H2,1-2H3. The average Bonchev–Trinajstić information content (AvgIpc) is 3.49. The largest absolute Gasteiger partial charge is 0.493 e. The van der Waals surface area contributed by atoms with Gasteiger partial charge in [-0.15, -0.1) is 11.3 Å². The molecular weight excluding hydrogens is 575 g/mol. The van der Waals surface area contributed by atoms with Crippen LogP contribution < -0.4 is 14.4 Å². The molecule has 0 spiro atoms. The van der Waals surface area contributed by atoms with E-state index in [2.05, 4.69) is 9.80 Å². The van der Waals surface area contributed by atoms with Crippen LogP contribution in [0, 0.1) is 5.82 Å². The molecular formula is C32H34ClFN4O3S. The van der Waals surface area contributed by atoms with Gasteiger partial charge in [-0.3, -0.25) is 9.69 Å². The van der Waals surface area contributed by atoms with E-state index < -0.39 is 0 Å². The molecule has 3 aromatic carbocycles. The summed E-state index contributed by atoms with van der Waals surface area (Å²) in [5, 5.41) is 3.43. The number of ether oxygens (including phenoxy) is 2. The van der Waals surface area contributed by atoms with Gasteiger partial charge in [-0.25, -0.2) is 9.37 Å². The van der Waals surface area contributed by atoms with Gasteiger partial charge in [-0.2, -0.15) is 0 Å². The monoisotopic (exact) mass is 608 g/mol. The highest BCUT2D eigenvalue weighted by Gasteiger charge is 2.24. The Labute approximate surface area is 255 Å². The van der Waals surface area contributed by atoms with Crippen LogP contribution in [0.25, 0.3) is 0 Å². The third-order valence-electron chi connectivity index (χ3n) is 7.35. The molecule has 220 valence electrons. The quantitative estimate of drug-likeness (QED) is 0.203. The second-order valence-corrected chi connectivity index (χ2v) is 11.5. The van der Waals surface area contributed by atoms with E-state index >= 15 is 0 Å². The number of rotatable bonds is 11. The van der Waals surface area contributed by atoms with Gasteiger partial charge in [0.05, 0.1) is 20.8 Å². The van der Waals surface area contributed by atoms with Crippen molar-refractivity contribution in [2.45, 2.75) is 19.5 Å². The zero-order chi connectivity index (χ0) is 29.5. The summed E-state index contributed by atoms with van der Waals surface area (Å²) < 4.78 is 24.4. The van der Waals surface area contributed by atoms with Gasteiger partial charge in [-0.1, -0.05) is 35.9 Å². The first-order valence-corrected chi connectivity index (χ1v) is 15.1. The van der Waals surface area contributed by atoms with E-state index in [1.807, 2.05) is 52.7 Å². The number of aromatic nitrogens is 1. The number of hydrogen-bond acceptors (Lipinski definition) is 7. The van der Waals surface area contributed by atoms with Gasteiger partial charge in [0.25, 0.3) is 5.91 Å².